The minimum atomic E-state index is 0.725. The van der Waals surface area contributed by atoms with Gasteiger partial charge in [0, 0.05) is 12.7 Å². The van der Waals surface area contributed by atoms with Crippen LogP contribution in [0.1, 0.15) is 27.2 Å². The Morgan fingerprint density at radius 3 is 2.44 bits per heavy atom. The zero-order valence-corrected chi connectivity index (χ0v) is 9.60. The minimum Gasteiger partial charge on any atom is -0.341 e. The molecule has 0 aliphatic heterocycles. The van der Waals surface area contributed by atoms with Crippen LogP contribution in [0, 0.1) is 13.8 Å². The number of aryl methyl sites for hydroxylation is 2. The molecule has 0 aliphatic carbocycles. The van der Waals surface area contributed by atoms with Gasteiger partial charge in [-0.2, -0.15) is 0 Å². The minimum absolute atomic E-state index is 0.725. The van der Waals surface area contributed by atoms with Crippen molar-refractivity contribution < 1.29 is 4.79 Å². The third kappa shape index (κ3) is 1.91. The summed E-state index contributed by atoms with van der Waals surface area (Å²) in [5.41, 5.74) is 4.56. The third-order valence-electron chi connectivity index (χ3n) is 2.96. The summed E-state index contributed by atoms with van der Waals surface area (Å²) in [4.78, 5) is 10.8. The summed E-state index contributed by atoms with van der Waals surface area (Å²) < 4.78 is 1.97. The van der Waals surface area contributed by atoms with E-state index < -0.39 is 0 Å². The molecule has 1 aromatic heterocycles. The second-order valence-electron chi connectivity index (χ2n) is 4.05. The first-order valence-electron chi connectivity index (χ1n) is 5.38. The molecule has 0 radical (unpaired) electrons. The molecular formula is C14H15NO. The molecule has 1 aromatic carbocycles. The van der Waals surface area contributed by atoms with Crippen LogP contribution in [0.3, 0.4) is 0 Å². The Morgan fingerprint density at radius 1 is 1.12 bits per heavy atom. The zero-order valence-electron chi connectivity index (χ0n) is 9.60. The molecule has 0 amide bonds. The molecule has 0 bridgehead atoms. The van der Waals surface area contributed by atoms with E-state index in [-0.39, 0.29) is 0 Å². The van der Waals surface area contributed by atoms with Crippen molar-refractivity contribution in [1.82, 2.24) is 4.57 Å². The molecule has 1 heterocycles. The highest BCUT2D eigenvalue weighted by molar-refractivity contribution is 5.72. The van der Waals surface area contributed by atoms with Crippen LogP contribution in [0.4, 0.5) is 0 Å². The first-order chi connectivity index (χ1) is 7.72. The van der Waals surface area contributed by atoms with Crippen molar-refractivity contribution in [2.24, 2.45) is 0 Å². The molecule has 0 saturated carbocycles. The van der Waals surface area contributed by atoms with Crippen LogP contribution >= 0.6 is 0 Å². The Balaban J connectivity index is 2.37. The maximum Gasteiger partial charge on any atom is 0.166 e. The van der Waals surface area contributed by atoms with Gasteiger partial charge in [0.1, 0.15) is 0 Å². The molecule has 16 heavy (non-hydrogen) atoms. The third-order valence-corrected chi connectivity index (χ3v) is 2.96. The fourth-order valence-corrected chi connectivity index (χ4v) is 1.95. The van der Waals surface area contributed by atoms with Gasteiger partial charge in [0.15, 0.2) is 6.29 Å². The van der Waals surface area contributed by atoms with E-state index in [1.165, 1.54) is 16.7 Å². The molecule has 0 spiro atoms. The van der Waals surface area contributed by atoms with Crippen LogP contribution in [-0.4, -0.2) is 10.9 Å². The molecule has 0 aliphatic rings. The van der Waals surface area contributed by atoms with Crippen molar-refractivity contribution in [2.75, 3.05) is 0 Å². The van der Waals surface area contributed by atoms with E-state index in [4.69, 9.17) is 0 Å². The number of hydrogen-bond donors (Lipinski definition) is 0. The zero-order chi connectivity index (χ0) is 11.5. The summed E-state index contributed by atoms with van der Waals surface area (Å²) in [6.07, 6.45) is 2.84. The maximum absolute atomic E-state index is 10.8. The highest BCUT2D eigenvalue weighted by Gasteiger charge is 2.05. The van der Waals surface area contributed by atoms with Gasteiger partial charge in [-0.05, 0) is 42.7 Å². The monoisotopic (exact) mass is 213 g/mol. The Morgan fingerprint density at radius 2 is 1.81 bits per heavy atom. The maximum atomic E-state index is 10.8. The van der Waals surface area contributed by atoms with Crippen LogP contribution in [0.15, 0.2) is 36.5 Å². The highest BCUT2D eigenvalue weighted by atomic mass is 16.1. The molecule has 2 rings (SSSR count). The molecule has 0 N–H and O–H groups in total. The Labute approximate surface area is 95.5 Å². The van der Waals surface area contributed by atoms with Gasteiger partial charge in [-0.25, -0.2) is 0 Å². The van der Waals surface area contributed by atoms with Crippen molar-refractivity contribution in [3.05, 3.63) is 58.9 Å². The van der Waals surface area contributed by atoms with E-state index >= 15 is 0 Å². The van der Waals surface area contributed by atoms with Crippen molar-refractivity contribution in [2.45, 2.75) is 20.4 Å². The predicted molar refractivity (Wildman–Crippen MR) is 64.8 cm³/mol. The molecule has 2 nitrogen and oxygen atoms in total. The van der Waals surface area contributed by atoms with E-state index in [2.05, 4.69) is 32.0 Å². The van der Waals surface area contributed by atoms with Gasteiger partial charge in [-0.1, -0.05) is 18.2 Å². The fraction of sp³-hybridized carbons (Fsp3) is 0.214. The summed E-state index contributed by atoms with van der Waals surface area (Å²) in [5, 5.41) is 0. The molecule has 0 saturated heterocycles. The first-order valence-corrected chi connectivity index (χ1v) is 5.38. The van der Waals surface area contributed by atoms with Gasteiger partial charge in [-0.15, -0.1) is 0 Å². The second-order valence-corrected chi connectivity index (χ2v) is 4.05. The van der Waals surface area contributed by atoms with Crippen LogP contribution in [-0.2, 0) is 6.54 Å². The first kappa shape index (κ1) is 10.7. The summed E-state index contributed by atoms with van der Waals surface area (Å²) in [5.74, 6) is 0. The second kappa shape index (κ2) is 4.35. The Kier molecular flexibility index (Phi) is 2.91. The Bertz CT molecular complexity index is 491. The number of carbonyl (C=O) groups excluding carboxylic acids is 1. The fourth-order valence-electron chi connectivity index (χ4n) is 1.95. The molecule has 0 unspecified atom stereocenters. The number of aldehydes is 1. The average Bonchev–Trinajstić information content (AvgIpc) is 2.71. The smallest absolute Gasteiger partial charge is 0.166 e. The largest absolute Gasteiger partial charge is 0.341 e. The van der Waals surface area contributed by atoms with Crippen molar-refractivity contribution in [1.29, 1.82) is 0 Å². The molecule has 2 heteroatoms. The van der Waals surface area contributed by atoms with Gasteiger partial charge < -0.3 is 4.57 Å². The number of nitrogens with zero attached hydrogens (tertiary/aromatic N) is 1. The molecule has 82 valence electrons. The number of benzene rings is 1. The van der Waals surface area contributed by atoms with Crippen molar-refractivity contribution in [3.63, 3.8) is 0 Å². The lowest BCUT2D eigenvalue weighted by Gasteiger charge is -2.11. The van der Waals surface area contributed by atoms with Crippen LogP contribution in [0.5, 0.6) is 0 Å². The molecule has 0 fully saturated rings. The Hall–Kier alpha value is -1.83. The summed E-state index contributed by atoms with van der Waals surface area (Å²) >= 11 is 0. The number of aromatic nitrogens is 1. The SMILES string of the molecule is Cc1cccc(C)c1Cn1cccc1C=O. The van der Waals surface area contributed by atoms with E-state index in [9.17, 15) is 4.79 Å². The number of hydrogen-bond acceptors (Lipinski definition) is 1. The summed E-state index contributed by atoms with van der Waals surface area (Å²) in [6.45, 7) is 4.97. The van der Waals surface area contributed by atoms with Gasteiger partial charge in [0.05, 0.1) is 5.69 Å². The van der Waals surface area contributed by atoms with E-state index in [1.807, 2.05) is 22.9 Å². The number of carbonyl (C=O) groups is 1. The standard InChI is InChI=1S/C14H15NO/c1-11-5-3-6-12(2)14(11)9-15-8-4-7-13(15)10-16/h3-8,10H,9H2,1-2H3. The van der Waals surface area contributed by atoms with E-state index in [0.29, 0.717) is 0 Å². The van der Waals surface area contributed by atoms with Gasteiger partial charge in [-0.3, -0.25) is 4.79 Å². The number of rotatable bonds is 3. The van der Waals surface area contributed by atoms with Gasteiger partial charge >= 0.3 is 0 Å². The predicted octanol–water partition coefficient (Wildman–Crippen LogP) is 2.97. The summed E-state index contributed by atoms with van der Waals surface area (Å²) in [6, 6.07) is 10.0. The average molecular weight is 213 g/mol. The van der Waals surface area contributed by atoms with E-state index in [0.717, 1.165) is 18.5 Å². The lowest BCUT2D eigenvalue weighted by Crippen LogP contribution is -2.05. The van der Waals surface area contributed by atoms with Gasteiger partial charge in [0.2, 0.25) is 0 Å². The lowest BCUT2D eigenvalue weighted by atomic mass is 10.0. The normalized spacial score (nSPS) is 10.4. The molecule has 0 atom stereocenters. The highest BCUT2D eigenvalue weighted by Crippen LogP contribution is 2.15. The van der Waals surface area contributed by atoms with E-state index in [1.54, 1.807) is 0 Å². The van der Waals surface area contributed by atoms with Gasteiger partial charge in [0.25, 0.3) is 0 Å². The van der Waals surface area contributed by atoms with Crippen molar-refractivity contribution >= 4 is 6.29 Å². The van der Waals surface area contributed by atoms with Crippen LogP contribution < -0.4 is 0 Å². The van der Waals surface area contributed by atoms with Crippen molar-refractivity contribution in [3.8, 4) is 0 Å². The topological polar surface area (TPSA) is 22.0 Å². The molecular weight excluding hydrogens is 198 g/mol. The quantitative estimate of drug-likeness (QED) is 0.718. The summed E-state index contributed by atoms with van der Waals surface area (Å²) in [7, 11) is 0. The van der Waals surface area contributed by atoms with Crippen LogP contribution in [0.25, 0.3) is 0 Å². The van der Waals surface area contributed by atoms with Crippen LogP contribution in [0.2, 0.25) is 0 Å². The lowest BCUT2D eigenvalue weighted by molar-refractivity contribution is 0.111. The molecule has 2 aromatic rings.